The predicted molar refractivity (Wildman–Crippen MR) is 113 cm³/mol. The van der Waals surface area contributed by atoms with Gasteiger partial charge in [0.15, 0.2) is 17.5 Å². The molecule has 0 amide bonds. The average Bonchev–Trinajstić information content (AvgIpc) is 2.88. The second kappa shape index (κ2) is 9.12. The van der Waals surface area contributed by atoms with Gasteiger partial charge in [0, 0.05) is 31.2 Å². The first-order valence-electron chi connectivity index (χ1n) is 7.76. The van der Waals surface area contributed by atoms with Crippen LogP contribution in [0.15, 0.2) is 21.6 Å². The Bertz CT molecular complexity index is 593. The van der Waals surface area contributed by atoms with Crippen molar-refractivity contribution in [1.82, 2.24) is 10.2 Å². The highest BCUT2D eigenvalue weighted by Crippen LogP contribution is 2.33. The van der Waals surface area contributed by atoms with E-state index in [0.717, 1.165) is 34.8 Å². The molecule has 0 spiro atoms. The third kappa shape index (κ3) is 5.15. The summed E-state index contributed by atoms with van der Waals surface area (Å²) in [7, 11) is 5.12. The molecule has 0 radical (unpaired) electrons. The first-order valence-corrected chi connectivity index (χ1v) is 8.55. The largest absolute Gasteiger partial charge is 0.493 e. The number of likely N-dealkylation sites (tertiary alicyclic amines) is 1. The molecular formula is C17H27BrIN3O2. The van der Waals surface area contributed by atoms with Crippen LogP contribution in [0.4, 0.5) is 0 Å². The number of nitrogens with one attached hydrogen (secondary N) is 1. The lowest BCUT2D eigenvalue weighted by Crippen LogP contribution is -2.40. The van der Waals surface area contributed by atoms with Crippen molar-refractivity contribution < 1.29 is 9.47 Å². The number of halogens is 2. The van der Waals surface area contributed by atoms with E-state index in [0.29, 0.717) is 17.7 Å². The van der Waals surface area contributed by atoms with Gasteiger partial charge in [-0.05, 0) is 29.5 Å². The fourth-order valence-corrected chi connectivity index (χ4v) is 3.29. The second-order valence-electron chi connectivity index (χ2n) is 6.54. The van der Waals surface area contributed by atoms with Crippen molar-refractivity contribution in [3.05, 3.63) is 22.2 Å². The van der Waals surface area contributed by atoms with E-state index in [9.17, 15) is 0 Å². The molecule has 0 unspecified atom stereocenters. The van der Waals surface area contributed by atoms with E-state index < -0.39 is 0 Å². The summed E-state index contributed by atoms with van der Waals surface area (Å²) in [5, 5.41) is 3.44. The molecular weight excluding hydrogens is 485 g/mol. The van der Waals surface area contributed by atoms with Crippen LogP contribution in [0.25, 0.3) is 0 Å². The van der Waals surface area contributed by atoms with Crippen LogP contribution in [0.5, 0.6) is 11.5 Å². The molecule has 0 aromatic heterocycles. The molecule has 1 aromatic rings. The summed E-state index contributed by atoms with van der Waals surface area (Å²) in [6, 6.07) is 3.91. The van der Waals surface area contributed by atoms with Crippen LogP contribution in [0.1, 0.15) is 25.8 Å². The van der Waals surface area contributed by atoms with Gasteiger partial charge in [0.2, 0.25) is 0 Å². The zero-order valence-corrected chi connectivity index (χ0v) is 18.9. The molecule has 0 atom stereocenters. The van der Waals surface area contributed by atoms with Gasteiger partial charge in [0.25, 0.3) is 0 Å². The molecule has 1 aliphatic heterocycles. The molecule has 1 aromatic carbocycles. The standard InChI is InChI=1S/C17H26BrN3O2.HI/c1-17(2)6-7-21(11-17)16(19-3)20-10-12-8-14(22-4)15(23-5)9-13(12)18;/h8-9H,6-7,10-11H2,1-5H3,(H,19,20);1H. The molecule has 5 nitrogen and oxygen atoms in total. The highest BCUT2D eigenvalue weighted by molar-refractivity contribution is 14.0. The highest BCUT2D eigenvalue weighted by Gasteiger charge is 2.30. The zero-order chi connectivity index (χ0) is 17.0. The average molecular weight is 512 g/mol. The van der Waals surface area contributed by atoms with Gasteiger partial charge in [-0.2, -0.15) is 0 Å². The maximum absolute atomic E-state index is 5.38. The lowest BCUT2D eigenvalue weighted by atomic mass is 9.93. The number of methoxy groups -OCH3 is 2. The fraction of sp³-hybridized carbons (Fsp3) is 0.588. The molecule has 1 fully saturated rings. The molecule has 0 saturated carbocycles. The molecule has 136 valence electrons. The summed E-state index contributed by atoms with van der Waals surface area (Å²) in [4.78, 5) is 6.73. The van der Waals surface area contributed by atoms with Crippen LogP contribution in [0, 0.1) is 5.41 Å². The third-order valence-electron chi connectivity index (χ3n) is 4.18. The van der Waals surface area contributed by atoms with Crippen LogP contribution >= 0.6 is 39.9 Å². The van der Waals surface area contributed by atoms with Crippen molar-refractivity contribution in [2.45, 2.75) is 26.8 Å². The monoisotopic (exact) mass is 511 g/mol. The summed E-state index contributed by atoms with van der Waals surface area (Å²) in [5.41, 5.74) is 1.45. The van der Waals surface area contributed by atoms with Gasteiger partial charge in [-0.1, -0.05) is 29.8 Å². The van der Waals surface area contributed by atoms with Gasteiger partial charge < -0.3 is 19.7 Å². The van der Waals surface area contributed by atoms with Crippen LogP contribution < -0.4 is 14.8 Å². The Hall–Kier alpha value is -0.700. The summed E-state index contributed by atoms with van der Waals surface area (Å²) in [6.07, 6.45) is 1.19. The number of ether oxygens (including phenoxy) is 2. The Morgan fingerprint density at radius 3 is 2.42 bits per heavy atom. The third-order valence-corrected chi connectivity index (χ3v) is 4.92. The first kappa shape index (κ1) is 21.3. The lowest BCUT2D eigenvalue weighted by Gasteiger charge is -2.24. The predicted octanol–water partition coefficient (Wildman–Crippen LogP) is 3.89. The van der Waals surface area contributed by atoms with E-state index in [4.69, 9.17) is 9.47 Å². The molecule has 7 heteroatoms. The normalized spacial score (nSPS) is 16.6. The van der Waals surface area contributed by atoms with Crippen LogP contribution in [0.2, 0.25) is 0 Å². The number of hydrogen-bond donors (Lipinski definition) is 1. The Labute approximate surface area is 170 Å². The Morgan fingerprint density at radius 1 is 1.29 bits per heavy atom. The minimum absolute atomic E-state index is 0. The maximum Gasteiger partial charge on any atom is 0.193 e. The van der Waals surface area contributed by atoms with Crippen LogP contribution in [-0.2, 0) is 6.54 Å². The van der Waals surface area contributed by atoms with E-state index >= 15 is 0 Å². The number of rotatable bonds is 4. The van der Waals surface area contributed by atoms with Gasteiger partial charge in [-0.25, -0.2) is 0 Å². The van der Waals surface area contributed by atoms with E-state index in [-0.39, 0.29) is 24.0 Å². The second-order valence-corrected chi connectivity index (χ2v) is 7.39. The smallest absolute Gasteiger partial charge is 0.193 e. The molecule has 1 saturated heterocycles. The van der Waals surface area contributed by atoms with Crippen molar-refractivity contribution in [2.75, 3.05) is 34.4 Å². The van der Waals surface area contributed by atoms with Crippen LogP contribution in [-0.4, -0.2) is 45.2 Å². The van der Waals surface area contributed by atoms with Gasteiger partial charge >= 0.3 is 0 Å². The topological polar surface area (TPSA) is 46.1 Å². The molecule has 1 heterocycles. The molecule has 1 N–H and O–H groups in total. The number of hydrogen-bond acceptors (Lipinski definition) is 3. The molecule has 2 rings (SSSR count). The Balaban J connectivity index is 0.00000288. The van der Waals surface area contributed by atoms with Crippen LogP contribution in [0.3, 0.4) is 0 Å². The molecule has 24 heavy (non-hydrogen) atoms. The minimum atomic E-state index is 0. The van der Waals surface area contributed by atoms with Gasteiger partial charge in [0.1, 0.15) is 0 Å². The molecule has 0 bridgehead atoms. The minimum Gasteiger partial charge on any atom is -0.493 e. The van der Waals surface area contributed by atoms with Crippen molar-refractivity contribution in [3.8, 4) is 11.5 Å². The number of aliphatic imine (C=N–C) groups is 1. The molecule has 0 aliphatic carbocycles. The number of nitrogens with zero attached hydrogens (tertiary/aromatic N) is 2. The van der Waals surface area contributed by atoms with E-state index in [1.807, 2.05) is 19.2 Å². The lowest BCUT2D eigenvalue weighted by molar-refractivity contribution is 0.354. The number of benzene rings is 1. The van der Waals surface area contributed by atoms with E-state index in [2.05, 4.69) is 45.0 Å². The van der Waals surface area contributed by atoms with Crippen molar-refractivity contribution in [2.24, 2.45) is 10.4 Å². The van der Waals surface area contributed by atoms with E-state index in [1.165, 1.54) is 6.42 Å². The van der Waals surface area contributed by atoms with Gasteiger partial charge in [0.05, 0.1) is 14.2 Å². The van der Waals surface area contributed by atoms with Gasteiger partial charge in [-0.15, -0.1) is 24.0 Å². The van der Waals surface area contributed by atoms with Crippen molar-refractivity contribution in [1.29, 1.82) is 0 Å². The van der Waals surface area contributed by atoms with E-state index in [1.54, 1.807) is 14.2 Å². The fourth-order valence-electron chi connectivity index (χ4n) is 2.83. The summed E-state index contributed by atoms with van der Waals surface area (Å²) in [5.74, 6) is 2.39. The summed E-state index contributed by atoms with van der Waals surface area (Å²) >= 11 is 3.60. The highest BCUT2D eigenvalue weighted by atomic mass is 127. The Morgan fingerprint density at radius 2 is 1.92 bits per heavy atom. The number of guanidine groups is 1. The Kier molecular flexibility index (Phi) is 8.11. The quantitative estimate of drug-likeness (QED) is 0.378. The first-order chi connectivity index (χ1) is 10.9. The maximum atomic E-state index is 5.38. The summed E-state index contributed by atoms with van der Waals surface area (Å²) in [6.45, 7) is 7.33. The summed E-state index contributed by atoms with van der Waals surface area (Å²) < 4.78 is 11.7. The van der Waals surface area contributed by atoms with Gasteiger partial charge in [-0.3, -0.25) is 4.99 Å². The SMILES string of the molecule is CN=C(NCc1cc(OC)c(OC)cc1Br)N1CCC(C)(C)C1.I. The van der Waals surface area contributed by atoms with Crippen molar-refractivity contribution >= 4 is 45.9 Å². The zero-order valence-electron chi connectivity index (χ0n) is 15.0. The van der Waals surface area contributed by atoms with Crippen molar-refractivity contribution in [3.63, 3.8) is 0 Å². The molecule has 1 aliphatic rings.